The Kier molecular flexibility index (Phi) is 5.54. The molecule has 0 aromatic heterocycles. The zero-order chi connectivity index (χ0) is 21.1. The highest BCUT2D eigenvalue weighted by molar-refractivity contribution is 6.52. The van der Waals surface area contributed by atoms with Gasteiger partial charge in [-0.2, -0.15) is 0 Å². The fourth-order valence-corrected chi connectivity index (χ4v) is 2.96. The van der Waals surface area contributed by atoms with Gasteiger partial charge >= 0.3 is 5.97 Å². The molecule has 148 valence electrons. The van der Waals surface area contributed by atoms with Crippen LogP contribution in [0.3, 0.4) is 0 Å². The molecule has 0 fully saturated rings. The van der Waals surface area contributed by atoms with E-state index in [1.807, 2.05) is 0 Å². The summed E-state index contributed by atoms with van der Waals surface area (Å²) in [5.41, 5.74) is 1.18. The lowest BCUT2D eigenvalue weighted by Gasteiger charge is -2.18. The van der Waals surface area contributed by atoms with E-state index in [1.165, 1.54) is 19.9 Å². The number of amides is 2. The van der Waals surface area contributed by atoms with Crippen molar-refractivity contribution in [3.05, 3.63) is 59.7 Å². The van der Waals surface area contributed by atoms with Crippen molar-refractivity contribution in [3.8, 4) is 0 Å². The number of anilines is 2. The van der Waals surface area contributed by atoms with Crippen LogP contribution in [0.15, 0.2) is 48.5 Å². The van der Waals surface area contributed by atoms with Gasteiger partial charge in [0.05, 0.1) is 16.9 Å². The third kappa shape index (κ3) is 4.06. The lowest BCUT2D eigenvalue weighted by molar-refractivity contribution is -0.152. The van der Waals surface area contributed by atoms with E-state index in [1.54, 1.807) is 42.5 Å². The highest BCUT2D eigenvalue weighted by Crippen LogP contribution is 2.28. The highest BCUT2D eigenvalue weighted by atomic mass is 16.5. The number of nitrogens with zero attached hydrogens (tertiary/aromatic N) is 1. The number of carbonyl (C=O) groups is 5. The second-order valence-electron chi connectivity index (χ2n) is 6.46. The topological polar surface area (TPSA) is 110 Å². The average Bonchev–Trinajstić information content (AvgIpc) is 2.93. The minimum Gasteiger partial charge on any atom is -0.451 e. The van der Waals surface area contributed by atoms with Gasteiger partial charge in [-0.1, -0.05) is 24.3 Å². The molecule has 1 aliphatic heterocycles. The van der Waals surface area contributed by atoms with Crippen molar-refractivity contribution in [2.75, 3.05) is 16.8 Å². The highest BCUT2D eigenvalue weighted by Gasteiger charge is 2.37. The Bertz CT molecular complexity index is 1030. The summed E-state index contributed by atoms with van der Waals surface area (Å²) >= 11 is 0. The van der Waals surface area contributed by atoms with E-state index < -0.39 is 36.2 Å². The molecule has 0 bridgehead atoms. The average molecular weight is 394 g/mol. The van der Waals surface area contributed by atoms with Crippen LogP contribution in [0.4, 0.5) is 11.4 Å². The van der Waals surface area contributed by atoms with Gasteiger partial charge < -0.3 is 10.1 Å². The maximum atomic E-state index is 12.3. The molecule has 29 heavy (non-hydrogen) atoms. The first kappa shape index (κ1) is 19.9. The number of hydrogen-bond donors (Lipinski definition) is 1. The Hall–Kier alpha value is -3.81. The Morgan fingerprint density at radius 1 is 1.03 bits per heavy atom. The second-order valence-corrected chi connectivity index (χ2v) is 6.46. The van der Waals surface area contributed by atoms with Crippen LogP contribution >= 0.6 is 0 Å². The summed E-state index contributed by atoms with van der Waals surface area (Å²) in [6.07, 6.45) is -1.17. The largest absolute Gasteiger partial charge is 0.451 e. The summed E-state index contributed by atoms with van der Waals surface area (Å²) in [6, 6.07) is 12.8. The summed E-state index contributed by atoms with van der Waals surface area (Å²) in [6.45, 7) is 2.25. The summed E-state index contributed by atoms with van der Waals surface area (Å²) in [7, 11) is 0. The van der Waals surface area contributed by atoms with Gasteiger partial charge in [0.1, 0.15) is 6.54 Å². The number of ether oxygens (including phenoxy) is 1. The molecular formula is C21H18N2O6. The third-order valence-corrected chi connectivity index (χ3v) is 4.41. The van der Waals surface area contributed by atoms with Gasteiger partial charge in [0.15, 0.2) is 11.9 Å². The van der Waals surface area contributed by atoms with Crippen molar-refractivity contribution in [1.82, 2.24) is 0 Å². The third-order valence-electron chi connectivity index (χ3n) is 4.41. The maximum absolute atomic E-state index is 12.3. The Morgan fingerprint density at radius 3 is 2.41 bits per heavy atom. The van der Waals surface area contributed by atoms with Crippen LogP contribution in [0.25, 0.3) is 0 Å². The number of para-hydroxylation sites is 2. The van der Waals surface area contributed by atoms with Gasteiger partial charge in [-0.25, -0.2) is 0 Å². The molecule has 0 saturated heterocycles. The van der Waals surface area contributed by atoms with E-state index in [4.69, 9.17) is 4.74 Å². The maximum Gasteiger partial charge on any atom is 0.326 e. The summed E-state index contributed by atoms with van der Waals surface area (Å²) < 4.78 is 5.10. The Labute approximate surface area is 166 Å². The van der Waals surface area contributed by atoms with E-state index >= 15 is 0 Å². The van der Waals surface area contributed by atoms with Crippen LogP contribution in [0.5, 0.6) is 0 Å². The number of ketones is 2. The first-order valence-electron chi connectivity index (χ1n) is 8.85. The van der Waals surface area contributed by atoms with Gasteiger partial charge in [0.25, 0.3) is 17.6 Å². The first-order valence-corrected chi connectivity index (χ1v) is 8.85. The van der Waals surface area contributed by atoms with Crippen LogP contribution in [-0.2, 0) is 19.1 Å². The molecule has 8 heteroatoms. The predicted octanol–water partition coefficient (Wildman–Crippen LogP) is 1.99. The quantitative estimate of drug-likeness (QED) is 0.456. The standard InChI is InChI=1S/C21H18N2O6/c1-12(24)14-7-3-5-9-16(14)22-20(27)13(2)29-18(25)11-23-17-10-6-4-8-15(17)19(26)21(23)28/h3-10,13H,11H2,1-2H3,(H,22,27)/t13-/m1/s1. The minimum absolute atomic E-state index is 0.219. The van der Waals surface area contributed by atoms with Crippen LogP contribution in [0.1, 0.15) is 34.6 Å². The normalized spacial score (nSPS) is 13.7. The van der Waals surface area contributed by atoms with E-state index in [0.717, 1.165) is 4.90 Å². The molecule has 0 unspecified atom stereocenters. The van der Waals surface area contributed by atoms with E-state index in [-0.39, 0.29) is 11.3 Å². The molecule has 0 radical (unpaired) electrons. The van der Waals surface area contributed by atoms with Gasteiger partial charge in [-0.3, -0.25) is 28.9 Å². The molecule has 1 heterocycles. The van der Waals surface area contributed by atoms with Crippen molar-refractivity contribution in [2.45, 2.75) is 20.0 Å². The van der Waals surface area contributed by atoms with Gasteiger partial charge in [-0.05, 0) is 38.1 Å². The number of benzene rings is 2. The van der Waals surface area contributed by atoms with Crippen molar-refractivity contribution < 1.29 is 28.7 Å². The number of hydrogen-bond acceptors (Lipinski definition) is 6. The molecular weight excluding hydrogens is 376 g/mol. The van der Waals surface area contributed by atoms with Crippen molar-refractivity contribution in [2.24, 2.45) is 0 Å². The Balaban J connectivity index is 1.64. The SMILES string of the molecule is CC(=O)c1ccccc1NC(=O)[C@@H](C)OC(=O)CN1C(=O)C(=O)c2ccccc21. The molecule has 0 spiro atoms. The lowest BCUT2D eigenvalue weighted by atomic mass is 10.1. The van der Waals surface area contributed by atoms with Gasteiger partial charge in [-0.15, -0.1) is 0 Å². The van der Waals surface area contributed by atoms with Gasteiger partial charge in [0, 0.05) is 5.56 Å². The van der Waals surface area contributed by atoms with E-state index in [0.29, 0.717) is 16.9 Å². The van der Waals surface area contributed by atoms with Crippen molar-refractivity contribution in [3.63, 3.8) is 0 Å². The minimum atomic E-state index is -1.17. The number of nitrogens with one attached hydrogen (secondary N) is 1. The van der Waals surface area contributed by atoms with Crippen molar-refractivity contribution >= 4 is 40.7 Å². The zero-order valence-corrected chi connectivity index (χ0v) is 15.8. The van der Waals surface area contributed by atoms with E-state index in [9.17, 15) is 24.0 Å². The number of Topliss-reactive ketones (excluding diaryl/α,β-unsaturated/α-hetero) is 2. The van der Waals surface area contributed by atoms with Crippen LogP contribution < -0.4 is 10.2 Å². The summed E-state index contributed by atoms with van der Waals surface area (Å²) in [4.78, 5) is 61.3. The molecule has 8 nitrogen and oxygen atoms in total. The molecule has 2 aromatic rings. The van der Waals surface area contributed by atoms with Gasteiger partial charge in [0.2, 0.25) is 0 Å². The fourth-order valence-electron chi connectivity index (χ4n) is 2.96. The molecule has 0 aliphatic carbocycles. The van der Waals surface area contributed by atoms with Crippen molar-refractivity contribution in [1.29, 1.82) is 0 Å². The first-order chi connectivity index (χ1) is 13.8. The molecule has 2 aromatic carbocycles. The number of fused-ring (bicyclic) bond motifs is 1. The molecule has 3 rings (SSSR count). The molecule has 2 amide bonds. The zero-order valence-electron chi connectivity index (χ0n) is 15.8. The van der Waals surface area contributed by atoms with E-state index in [2.05, 4.69) is 5.32 Å². The summed E-state index contributed by atoms with van der Waals surface area (Å²) in [5, 5.41) is 2.55. The molecule has 1 N–H and O–H groups in total. The lowest BCUT2D eigenvalue weighted by Crippen LogP contribution is -2.38. The number of rotatable bonds is 6. The molecule has 0 saturated carbocycles. The van der Waals surface area contributed by atoms with Crippen LogP contribution in [0.2, 0.25) is 0 Å². The predicted molar refractivity (Wildman–Crippen MR) is 104 cm³/mol. The fraction of sp³-hybridized carbons (Fsp3) is 0.190. The molecule has 1 atom stereocenters. The number of carbonyl (C=O) groups excluding carboxylic acids is 5. The van der Waals surface area contributed by atoms with Crippen LogP contribution in [0, 0.1) is 0 Å². The Morgan fingerprint density at radius 2 is 1.69 bits per heavy atom. The monoisotopic (exact) mass is 394 g/mol. The van der Waals surface area contributed by atoms with Crippen LogP contribution in [-0.4, -0.2) is 42.0 Å². The molecule has 1 aliphatic rings. The number of esters is 1. The smallest absolute Gasteiger partial charge is 0.326 e. The second kappa shape index (κ2) is 8.05. The summed E-state index contributed by atoms with van der Waals surface area (Å²) in [5.74, 6) is -3.21.